The summed E-state index contributed by atoms with van der Waals surface area (Å²) in [5.41, 5.74) is -1.11. The number of carbonyl (C=O) groups excluding carboxylic acids is 2. The van der Waals surface area contributed by atoms with Crippen LogP contribution in [0, 0.1) is 5.82 Å². The van der Waals surface area contributed by atoms with E-state index in [-0.39, 0.29) is 12.2 Å². The van der Waals surface area contributed by atoms with Crippen LogP contribution in [0.1, 0.15) is 19.4 Å². The minimum Gasteiger partial charge on any atom is -0.549 e. The van der Waals surface area contributed by atoms with E-state index < -0.39 is 23.2 Å². The molecule has 120 valence electrons. The van der Waals surface area contributed by atoms with Crippen molar-refractivity contribution in [1.82, 2.24) is 0 Å². The highest BCUT2D eigenvalue weighted by Gasteiger charge is 2.39. The number of ether oxygens (including phenoxy) is 1. The number of esters is 1. The molecule has 0 aliphatic heterocycles. The number of carbonyl (C=O) groups is 2. The van der Waals surface area contributed by atoms with Crippen molar-refractivity contribution in [2.45, 2.75) is 19.3 Å². The van der Waals surface area contributed by atoms with Crippen molar-refractivity contribution in [3.8, 4) is 11.1 Å². The van der Waals surface area contributed by atoms with E-state index in [2.05, 4.69) is 0 Å². The molecule has 4 nitrogen and oxygen atoms in total. The topological polar surface area (TPSA) is 66.4 Å². The first-order valence-electron chi connectivity index (χ1n) is 7.15. The number of hydrogen-bond donors (Lipinski definition) is 0. The minimum absolute atomic E-state index is 0.0201. The first-order valence-corrected chi connectivity index (χ1v) is 7.15. The van der Waals surface area contributed by atoms with Crippen molar-refractivity contribution in [2.24, 2.45) is 0 Å². The first kappa shape index (κ1) is 16.7. The van der Waals surface area contributed by atoms with Gasteiger partial charge in [-0.1, -0.05) is 42.5 Å². The predicted molar refractivity (Wildman–Crippen MR) is 80.8 cm³/mol. The van der Waals surface area contributed by atoms with Crippen LogP contribution in [0.3, 0.4) is 0 Å². The second kappa shape index (κ2) is 6.60. The van der Waals surface area contributed by atoms with Gasteiger partial charge < -0.3 is 14.6 Å². The molecule has 0 fully saturated rings. The first-order chi connectivity index (χ1) is 10.9. The van der Waals surface area contributed by atoms with Crippen molar-refractivity contribution in [3.63, 3.8) is 0 Å². The van der Waals surface area contributed by atoms with E-state index in [1.54, 1.807) is 31.2 Å². The summed E-state index contributed by atoms with van der Waals surface area (Å²) in [6.07, 6.45) is 0. The van der Waals surface area contributed by atoms with Crippen molar-refractivity contribution in [1.29, 1.82) is 0 Å². The standard InChI is InChI=1S/C18H17FO4/c1-3-23-17(22)18(2,16(20)21)13-9-10-14(15(19)11-13)12-7-5-4-6-8-12/h4-11H,3H2,1-2H3,(H,20,21)/p-1. The molecule has 0 amide bonds. The lowest BCUT2D eigenvalue weighted by atomic mass is 9.81. The lowest BCUT2D eigenvalue weighted by molar-refractivity contribution is -0.312. The summed E-state index contributed by atoms with van der Waals surface area (Å²) in [4.78, 5) is 23.5. The van der Waals surface area contributed by atoms with Gasteiger partial charge in [-0.05, 0) is 31.0 Å². The fraction of sp³-hybridized carbons (Fsp3) is 0.222. The monoisotopic (exact) mass is 315 g/mol. The Hall–Kier alpha value is -2.69. The second-order valence-electron chi connectivity index (χ2n) is 5.19. The van der Waals surface area contributed by atoms with Crippen LogP contribution in [0.4, 0.5) is 4.39 Å². The number of carboxylic acid groups (broad SMARTS) is 1. The maximum absolute atomic E-state index is 14.4. The zero-order chi connectivity index (χ0) is 17.0. The van der Waals surface area contributed by atoms with E-state index in [1.807, 2.05) is 6.07 Å². The van der Waals surface area contributed by atoms with Gasteiger partial charge in [0, 0.05) is 5.56 Å². The molecule has 2 aromatic carbocycles. The number of carboxylic acids is 1. The van der Waals surface area contributed by atoms with E-state index in [1.165, 1.54) is 12.1 Å². The third-order valence-corrected chi connectivity index (χ3v) is 3.72. The lowest BCUT2D eigenvalue weighted by Gasteiger charge is -2.29. The molecule has 2 aromatic rings. The van der Waals surface area contributed by atoms with Crippen LogP contribution in [0.25, 0.3) is 11.1 Å². The average Bonchev–Trinajstić information content (AvgIpc) is 2.54. The predicted octanol–water partition coefficient (Wildman–Crippen LogP) is 2.06. The van der Waals surface area contributed by atoms with Crippen LogP contribution in [0.5, 0.6) is 0 Å². The number of rotatable bonds is 5. The molecule has 0 spiro atoms. The van der Waals surface area contributed by atoms with Gasteiger partial charge in [0.2, 0.25) is 0 Å². The van der Waals surface area contributed by atoms with Crippen LogP contribution in [0.2, 0.25) is 0 Å². The average molecular weight is 315 g/mol. The molecule has 23 heavy (non-hydrogen) atoms. The van der Waals surface area contributed by atoms with E-state index in [4.69, 9.17) is 4.74 Å². The zero-order valence-corrected chi connectivity index (χ0v) is 12.8. The molecule has 0 bridgehead atoms. The molecule has 0 saturated heterocycles. The molecular weight excluding hydrogens is 299 g/mol. The highest BCUT2D eigenvalue weighted by atomic mass is 19.1. The molecule has 1 unspecified atom stereocenters. The van der Waals surface area contributed by atoms with Gasteiger partial charge >= 0.3 is 5.97 Å². The molecule has 2 rings (SSSR count). The molecule has 0 N–H and O–H groups in total. The molecule has 0 aliphatic rings. The number of aliphatic carboxylic acids is 1. The van der Waals surface area contributed by atoms with Gasteiger partial charge in [0.25, 0.3) is 0 Å². The maximum Gasteiger partial charge on any atom is 0.322 e. The van der Waals surface area contributed by atoms with E-state index in [0.29, 0.717) is 11.1 Å². The Morgan fingerprint density at radius 2 is 1.83 bits per heavy atom. The Kier molecular flexibility index (Phi) is 4.79. The van der Waals surface area contributed by atoms with Gasteiger partial charge in [-0.3, -0.25) is 4.79 Å². The van der Waals surface area contributed by atoms with E-state index in [9.17, 15) is 19.1 Å². The summed E-state index contributed by atoms with van der Waals surface area (Å²) in [7, 11) is 0. The second-order valence-corrected chi connectivity index (χ2v) is 5.19. The van der Waals surface area contributed by atoms with Crippen LogP contribution < -0.4 is 5.11 Å². The Bertz CT molecular complexity index is 727. The largest absolute Gasteiger partial charge is 0.549 e. The van der Waals surface area contributed by atoms with Gasteiger partial charge in [-0.2, -0.15) is 0 Å². The summed E-state index contributed by atoms with van der Waals surface area (Å²) in [5, 5.41) is 11.5. The fourth-order valence-corrected chi connectivity index (χ4v) is 2.27. The van der Waals surface area contributed by atoms with Crippen molar-refractivity contribution < 1.29 is 23.8 Å². The third kappa shape index (κ3) is 3.08. The van der Waals surface area contributed by atoms with Gasteiger partial charge in [-0.25, -0.2) is 4.39 Å². The lowest BCUT2D eigenvalue weighted by Crippen LogP contribution is -2.50. The third-order valence-electron chi connectivity index (χ3n) is 3.72. The highest BCUT2D eigenvalue weighted by molar-refractivity contribution is 6.04. The maximum atomic E-state index is 14.4. The smallest absolute Gasteiger partial charge is 0.322 e. The molecule has 0 heterocycles. The van der Waals surface area contributed by atoms with Crippen LogP contribution in [-0.4, -0.2) is 18.5 Å². The summed E-state index contributed by atoms with van der Waals surface area (Å²) < 4.78 is 19.2. The number of hydrogen-bond acceptors (Lipinski definition) is 4. The minimum atomic E-state index is -2.06. The van der Waals surface area contributed by atoms with Crippen molar-refractivity contribution >= 4 is 11.9 Å². The Morgan fingerprint density at radius 3 is 2.35 bits per heavy atom. The summed E-state index contributed by atoms with van der Waals surface area (Å²) in [6.45, 7) is 2.73. The van der Waals surface area contributed by atoms with Crippen molar-refractivity contribution in [3.05, 3.63) is 59.9 Å². The van der Waals surface area contributed by atoms with Crippen LogP contribution in [0.15, 0.2) is 48.5 Å². The molecule has 1 atom stereocenters. The van der Waals surface area contributed by atoms with Crippen LogP contribution >= 0.6 is 0 Å². The molecule has 5 heteroatoms. The van der Waals surface area contributed by atoms with Gasteiger partial charge in [0.05, 0.1) is 12.6 Å². The number of benzene rings is 2. The van der Waals surface area contributed by atoms with E-state index in [0.717, 1.165) is 13.0 Å². The van der Waals surface area contributed by atoms with Gasteiger partial charge in [0.15, 0.2) is 0 Å². The highest BCUT2D eigenvalue weighted by Crippen LogP contribution is 2.30. The van der Waals surface area contributed by atoms with Gasteiger partial charge in [-0.15, -0.1) is 0 Å². The Labute approximate surface area is 133 Å². The zero-order valence-electron chi connectivity index (χ0n) is 12.8. The summed E-state index contributed by atoms with van der Waals surface area (Å²) in [6, 6.07) is 12.7. The normalized spacial score (nSPS) is 13.2. The molecule has 0 aromatic heterocycles. The molecule has 0 saturated carbocycles. The Balaban J connectivity index is 2.49. The summed E-state index contributed by atoms with van der Waals surface area (Å²) in [5.74, 6) is -3.24. The molecular formula is C18H16FO4-. The Morgan fingerprint density at radius 1 is 1.17 bits per heavy atom. The van der Waals surface area contributed by atoms with E-state index >= 15 is 0 Å². The SMILES string of the molecule is CCOC(=O)C(C)(C(=O)[O-])c1ccc(-c2ccccc2)c(F)c1. The number of halogens is 1. The molecule has 0 aliphatic carbocycles. The quantitative estimate of drug-likeness (QED) is 0.626. The van der Waals surface area contributed by atoms with Crippen LogP contribution in [-0.2, 0) is 19.7 Å². The van der Waals surface area contributed by atoms with Gasteiger partial charge in [0.1, 0.15) is 11.2 Å². The van der Waals surface area contributed by atoms with Crippen molar-refractivity contribution in [2.75, 3.05) is 6.61 Å². The fourth-order valence-electron chi connectivity index (χ4n) is 2.27. The summed E-state index contributed by atoms with van der Waals surface area (Å²) >= 11 is 0. The molecule has 0 radical (unpaired) electrons.